The van der Waals surface area contributed by atoms with Gasteiger partial charge in [-0.15, -0.1) is 0 Å². The van der Waals surface area contributed by atoms with Crippen LogP contribution in [0.25, 0.3) is 0 Å². The molecule has 2 heteroatoms. The first-order valence-corrected chi connectivity index (χ1v) is 5.23. The number of hydrogen-bond acceptors (Lipinski definition) is 2. The van der Waals surface area contributed by atoms with E-state index in [0.29, 0.717) is 12.0 Å². The van der Waals surface area contributed by atoms with Gasteiger partial charge in [0.05, 0.1) is 12.7 Å². The molecule has 0 spiro atoms. The Morgan fingerprint density at radius 3 is 2.57 bits per heavy atom. The second-order valence-corrected chi connectivity index (χ2v) is 4.10. The van der Waals surface area contributed by atoms with Gasteiger partial charge in [0.1, 0.15) is 0 Å². The molecule has 1 aromatic rings. The molecule has 1 atom stereocenters. The average Bonchev–Trinajstić information content (AvgIpc) is 2.99. The van der Waals surface area contributed by atoms with Crippen LogP contribution in [0.4, 0.5) is 5.69 Å². The number of hydrogen-bond donors (Lipinski definition) is 1. The third-order valence-corrected chi connectivity index (χ3v) is 2.61. The summed E-state index contributed by atoms with van der Waals surface area (Å²) in [6, 6.07) is 8.05. The van der Waals surface area contributed by atoms with Gasteiger partial charge in [0, 0.05) is 11.6 Å². The first-order valence-electron chi connectivity index (χ1n) is 5.23. The summed E-state index contributed by atoms with van der Waals surface area (Å²) in [6.45, 7) is 3.02. The summed E-state index contributed by atoms with van der Waals surface area (Å²) < 4.78 is 5.67. The van der Waals surface area contributed by atoms with Crippen molar-refractivity contribution in [3.8, 4) is 0 Å². The maximum Gasteiger partial charge on any atom is 0.0577 e. The van der Waals surface area contributed by atoms with Crippen molar-refractivity contribution in [1.82, 2.24) is 0 Å². The Morgan fingerprint density at radius 1 is 1.36 bits per heavy atom. The number of rotatable bonds is 4. The summed E-state index contributed by atoms with van der Waals surface area (Å²) in [7, 11) is 0. The zero-order valence-electron chi connectivity index (χ0n) is 8.57. The lowest BCUT2D eigenvalue weighted by molar-refractivity contribution is 0.109. The molecule has 1 unspecified atom stereocenters. The van der Waals surface area contributed by atoms with Crippen LogP contribution in [0.5, 0.6) is 0 Å². The van der Waals surface area contributed by atoms with Crippen LogP contribution < -0.4 is 5.73 Å². The summed E-state index contributed by atoms with van der Waals surface area (Å²) in [5, 5.41) is 0. The molecular weight excluding hydrogens is 174 g/mol. The van der Waals surface area contributed by atoms with E-state index >= 15 is 0 Å². The Kier molecular flexibility index (Phi) is 2.73. The maximum absolute atomic E-state index is 5.67. The minimum Gasteiger partial charge on any atom is -0.399 e. The van der Waals surface area contributed by atoms with E-state index in [4.69, 9.17) is 10.5 Å². The van der Waals surface area contributed by atoms with Gasteiger partial charge in [-0.3, -0.25) is 0 Å². The smallest absolute Gasteiger partial charge is 0.0577 e. The zero-order valence-corrected chi connectivity index (χ0v) is 8.57. The Bertz CT molecular complexity index is 290. The van der Waals surface area contributed by atoms with Gasteiger partial charge in [-0.1, -0.05) is 19.1 Å². The highest BCUT2D eigenvalue weighted by Gasteiger charge is 2.22. The van der Waals surface area contributed by atoms with E-state index in [1.165, 1.54) is 18.4 Å². The van der Waals surface area contributed by atoms with Crippen molar-refractivity contribution < 1.29 is 4.74 Å². The van der Waals surface area contributed by atoms with Crippen molar-refractivity contribution in [3.63, 3.8) is 0 Å². The number of nitrogens with two attached hydrogens (primary N) is 1. The number of benzene rings is 1. The van der Waals surface area contributed by atoms with Crippen molar-refractivity contribution in [2.75, 3.05) is 12.3 Å². The van der Waals surface area contributed by atoms with Crippen LogP contribution in [0.15, 0.2) is 24.3 Å². The molecule has 0 bridgehead atoms. The summed E-state index contributed by atoms with van der Waals surface area (Å²) in [4.78, 5) is 0. The van der Waals surface area contributed by atoms with Gasteiger partial charge in [0.2, 0.25) is 0 Å². The largest absolute Gasteiger partial charge is 0.399 e. The summed E-state index contributed by atoms with van der Waals surface area (Å²) in [6.07, 6.45) is 3.04. The first-order chi connectivity index (χ1) is 6.75. The van der Waals surface area contributed by atoms with Gasteiger partial charge < -0.3 is 10.5 Å². The van der Waals surface area contributed by atoms with E-state index < -0.39 is 0 Å². The van der Waals surface area contributed by atoms with Gasteiger partial charge in [-0.2, -0.15) is 0 Å². The topological polar surface area (TPSA) is 35.2 Å². The Hall–Kier alpha value is -1.02. The van der Waals surface area contributed by atoms with E-state index in [1.54, 1.807) is 0 Å². The lowest BCUT2D eigenvalue weighted by Gasteiger charge is -2.12. The fourth-order valence-electron chi connectivity index (χ4n) is 1.44. The summed E-state index contributed by atoms with van der Waals surface area (Å²) >= 11 is 0. The van der Waals surface area contributed by atoms with Crippen molar-refractivity contribution in [2.45, 2.75) is 31.8 Å². The van der Waals surface area contributed by atoms with Crippen molar-refractivity contribution >= 4 is 5.69 Å². The first kappa shape index (κ1) is 9.53. The summed E-state index contributed by atoms with van der Waals surface area (Å²) in [5.74, 6) is 0.469. The molecule has 1 aliphatic rings. The third kappa shape index (κ3) is 2.48. The monoisotopic (exact) mass is 191 g/mol. The molecule has 2 N–H and O–H groups in total. The Morgan fingerprint density at radius 2 is 2.00 bits per heavy atom. The summed E-state index contributed by atoms with van der Waals surface area (Å²) in [5.41, 5.74) is 7.76. The van der Waals surface area contributed by atoms with E-state index in [2.05, 4.69) is 19.1 Å². The number of anilines is 1. The molecule has 0 aliphatic heterocycles. The fourth-order valence-corrected chi connectivity index (χ4v) is 1.44. The zero-order chi connectivity index (χ0) is 9.97. The minimum absolute atomic E-state index is 0.469. The van der Waals surface area contributed by atoms with Crippen molar-refractivity contribution in [1.29, 1.82) is 0 Å². The lowest BCUT2D eigenvalue weighted by atomic mass is 10.0. The normalized spacial score (nSPS) is 18.1. The molecule has 1 aromatic carbocycles. The molecule has 0 amide bonds. The highest BCUT2D eigenvalue weighted by molar-refractivity contribution is 5.40. The quantitative estimate of drug-likeness (QED) is 0.742. The molecule has 1 fully saturated rings. The van der Waals surface area contributed by atoms with Gasteiger partial charge in [0.15, 0.2) is 0 Å². The molecule has 0 aromatic heterocycles. The molecule has 14 heavy (non-hydrogen) atoms. The predicted octanol–water partition coefficient (Wildman–Crippen LogP) is 2.55. The van der Waals surface area contributed by atoms with Gasteiger partial charge in [-0.25, -0.2) is 0 Å². The molecule has 0 radical (unpaired) electrons. The molecule has 2 nitrogen and oxygen atoms in total. The van der Waals surface area contributed by atoms with Gasteiger partial charge >= 0.3 is 0 Å². The molecule has 2 rings (SSSR count). The van der Waals surface area contributed by atoms with Crippen LogP contribution >= 0.6 is 0 Å². The molecule has 0 saturated heterocycles. The number of ether oxygens (including phenoxy) is 1. The highest BCUT2D eigenvalue weighted by Crippen LogP contribution is 2.26. The fraction of sp³-hybridized carbons (Fsp3) is 0.500. The van der Waals surface area contributed by atoms with E-state index in [-0.39, 0.29) is 0 Å². The van der Waals surface area contributed by atoms with Crippen molar-refractivity contribution in [2.24, 2.45) is 0 Å². The Labute approximate surface area is 85.1 Å². The van der Waals surface area contributed by atoms with Crippen LogP contribution in [0.2, 0.25) is 0 Å². The van der Waals surface area contributed by atoms with E-state index in [0.717, 1.165) is 12.3 Å². The molecule has 1 aliphatic carbocycles. The average molecular weight is 191 g/mol. The van der Waals surface area contributed by atoms with Crippen LogP contribution in [-0.2, 0) is 4.74 Å². The predicted molar refractivity (Wildman–Crippen MR) is 58.2 cm³/mol. The maximum atomic E-state index is 5.67. The second kappa shape index (κ2) is 4.01. The minimum atomic E-state index is 0.469. The Balaban J connectivity index is 1.88. The number of nitrogen functional groups attached to an aromatic ring is 1. The standard InChI is InChI=1S/C12H17NO/c1-9(8-14-12-6-7-12)10-2-4-11(13)5-3-10/h2-5,9,12H,6-8,13H2,1H3. The highest BCUT2D eigenvalue weighted by atomic mass is 16.5. The molecule has 76 valence electrons. The van der Waals surface area contributed by atoms with Crippen LogP contribution in [0, 0.1) is 0 Å². The molecule has 0 heterocycles. The van der Waals surface area contributed by atoms with Gasteiger partial charge in [0.25, 0.3) is 0 Å². The van der Waals surface area contributed by atoms with Gasteiger partial charge in [-0.05, 0) is 30.5 Å². The van der Waals surface area contributed by atoms with E-state index in [9.17, 15) is 0 Å². The van der Waals surface area contributed by atoms with E-state index in [1.807, 2.05) is 12.1 Å². The lowest BCUT2D eigenvalue weighted by Crippen LogP contribution is -2.05. The van der Waals surface area contributed by atoms with Crippen molar-refractivity contribution in [3.05, 3.63) is 29.8 Å². The van der Waals surface area contributed by atoms with Crippen LogP contribution in [0.3, 0.4) is 0 Å². The van der Waals surface area contributed by atoms with Crippen LogP contribution in [0.1, 0.15) is 31.2 Å². The second-order valence-electron chi connectivity index (χ2n) is 4.10. The third-order valence-electron chi connectivity index (χ3n) is 2.61. The SMILES string of the molecule is CC(COC1CC1)c1ccc(N)cc1. The van der Waals surface area contributed by atoms with Crippen LogP contribution in [-0.4, -0.2) is 12.7 Å². The molecular formula is C12H17NO. The molecule has 1 saturated carbocycles.